The Bertz CT molecular complexity index is 314. The van der Waals surface area contributed by atoms with E-state index in [0.717, 1.165) is 17.0 Å². The minimum atomic E-state index is 0.510. The Kier molecular flexibility index (Phi) is 3.24. The van der Waals surface area contributed by atoms with E-state index in [1.54, 1.807) is 12.4 Å². The smallest absolute Gasteiger partial charge is 0.222 e. The molecule has 0 aromatic carbocycles. The van der Waals surface area contributed by atoms with Crippen LogP contribution in [-0.4, -0.2) is 16.5 Å². The zero-order chi connectivity index (χ0) is 10.7. The van der Waals surface area contributed by atoms with Crippen LogP contribution in [0.25, 0.3) is 0 Å². The van der Waals surface area contributed by atoms with E-state index in [1.807, 2.05) is 0 Å². The van der Waals surface area contributed by atoms with Crippen molar-refractivity contribution in [2.75, 3.05) is 11.9 Å². The molecule has 82 valence electrons. The number of anilines is 1. The molecule has 0 radical (unpaired) electrons. The molecule has 1 aliphatic carbocycles. The zero-order valence-electron chi connectivity index (χ0n) is 8.96. The van der Waals surface area contributed by atoms with Gasteiger partial charge in [0.2, 0.25) is 5.95 Å². The van der Waals surface area contributed by atoms with E-state index in [1.165, 1.54) is 25.7 Å². The highest BCUT2D eigenvalue weighted by molar-refractivity contribution is 9.10. The molecular formula is C11H16BrN3. The van der Waals surface area contributed by atoms with E-state index < -0.39 is 0 Å². The zero-order valence-corrected chi connectivity index (χ0v) is 10.5. The van der Waals surface area contributed by atoms with Crippen molar-refractivity contribution in [3.8, 4) is 0 Å². The fraction of sp³-hybridized carbons (Fsp3) is 0.636. The lowest BCUT2D eigenvalue weighted by Gasteiger charge is -2.41. The van der Waals surface area contributed by atoms with Crippen LogP contribution in [0.1, 0.15) is 32.6 Å². The molecule has 0 amide bonds. The molecule has 1 aromatic heterocycles. The third-order valence-corrected chi connectivity index (χ3v) is 3.82. The van der Waals surface area contributed by atoms with Crippen molar-refractivity contribution in [2.24, 2.45) is 5.41 Å². The van der Waals surface area contributed by atoms with Crippen LogP contribution in [-0.2, 0) is 0 Å². The van der Waals surface area contributed by atoms with Crippen LogP contribution in [0.15, 0.2) is 16.9 Å². The van der Waals surface area contributed by atoms with Gasteiger partial charge >= 0.3 is 0 Å². The standard InChI is InChI=1S/C11H16BrN3/c1-2-11(4-3-5-11)8-15-10-13-6-9(12)7-14-10/h6-7H,2-5,8H2,1H3,(H,13,14,15). The lowest BCUT2D eigenvalue weighted by atomic mass is 9.67. The molecule has 1 fully saturated rings. The van der Waals surface area contributed by atoms with Crippen LogP contribution in [0, 0.1) is 5.41 Å². The summed E-state index contributed by atoms with van der Waals surface area (Å²) in [5, 5.41) is 3.32. The molecule has 1 heterocycles. The summed E-state index contributed by atoms with van der Waals surface area (Å²) < 4.78 is 0.918. The highest BCUT2D eigenvalue weighted by Crippen LogP contribution is 2.43. The predicted octanol–water partition coefficient (Wildman–Crippen LogP) is 3.23. The molecule has 0 unspecified atom stereocenters. The second kappa shape index (κ2) is 4.47. The number of nitrogens with one attached hydrogen (secondary N) is 1. The average Bonchev–Trinajstić information content (AvgIpc) is 2.20. The van der Waals surface area contributed by atoms with Gasteiger partial charge in [0.1, 0.15) is 0 Å². The van der Waals surface area contributed by atoms with Crippen molar-refractivity contribution in [2.45, 2.75) is 32.6 Å². The van der Waals surface area contributed by atoms with Crippen molar-refractivity contribution < 1.29 is 0 Å². The molecule has 4 heteroatoms. The maximum atomic E-state index is 4.20. The van der Waals surface area contributed by atoms with Gasteiger partial charge in [-0.05, 0) is 40.6 Å². The average molecular weight is 270 g/mol. The van der Waals surface area contributed by atoms with Gasteiger partial charge in [-0.15, -0.1) is 0 Å². The summed E-state index contributed by atoms with van der Waals surface area (Å²) in [6.07, 6.45) is 8.84. The van der Waals surface area contributed by atoms with Crippen molar-refractivity contribution in [3.63, 3.8) is 0 Å². The van der Waals surface area contributed by atoms with E-state index in [4.69, 9.17) is 0 Å². The first-order valence-electron chi connectivity index (χ1n) is 5.45. The monoisotopic (exact) mass is 269 g/mol. The number of halogens is 1. The molecular weight excluding hydrogens is 254 g/mol. The summed E-state index contributed by atoms with van der Waals surface area (Å²) in [6, 6.07) is 0. The van der Waals surface area contributed by atoms with Crippen molar-refractivity contribution >= 4 is 21.9 Å². The molecule has 1 saturated carbocycles. The molecule has 0 atom stereocenters. The van der Waals surface area contributed by atoms with E-state index in [0.29, 0.717) is 5.41 Å². The fourth-order valence-electron chi connectivity index (χ4n) is 2.00. The van der Waals surface area contributed by atoms with Gasteiger partial charge in [-0.3, -0.25) is 0 Å². The molecule has 1 N–H and O–H groups in total. The van der Waals surface area contributed by atoms with Gasteiger partial charge in [-0.2, -0.15) is 0 Å². The van der Waals surface area contributed by atoms with Gasteiger partial charge < -0.3 is 5.32 Å². The summed E-state index contributed by atoms with van der Waals surface area (Å²) in [7, 11) is 0. The van der Waals surface area contributed by atoms with E-state index in [9.17, 15) is 0 Å². The second-order valence-corrected chi connectivity index (χ2v) is 5.20. The van der Waals surface area contributed by atoms with Gasteiger partial charge in [0, 0.05) is 18.9 Å². The van der Waals surface area contributed by atoms with Crippen LogP contribution in [0.5, 0.6) is 0 Å². The Morgan fingerprint density at radius 1 is 1.40 bits per heavy atom. The largest absolute Gasteiger partial charge is 0.354 e. The van der Waals surface area contributed by atoms with E-state index in [-0.39, 0.29) is 0 Å². The molecule has 0 bridgehead atoms. The molecule has 3 nitrogen and oxygen atoms in total. The third-order valence-electron chi connectivity index (χ3n) is 3.41. The quantitative estimate of drug-likeness (QED) is 0.912. The molecule has 1 aromatic rings. The lowest BCUT2D eigenvalue weighted by Crippen LogP contribution is -2.36. The maximum Gasteiger partial charge on any atom is 0.222 e. The minimum absolute atomic E-state index is 0.510. The van der Waals surface area contributed by atoms with Crippen LogP contribution in [0.4, 0.5) is 5.95 Å². The van der Waals surface area contributed by atoms with E-state index >= 15 is 0 Å². The van der Waals surface area contributed by atoms with Gasteiger partial charge in [-0.1, -0.05) is 13.3 Å². The number of hydrogen-bond donors (Lipinski definition) is 1. The van der Waals surface area contributed by atoms with Gasteiger partial charge in [-0.25, -0.2) is 9.97 Å². The molecule has 0 saturated heterocycles. The number of hydrogen-bond acceptors (Lipinski definition) is 3. The molecule has 15 heavy (non-hydrogen) atoms. The summed E-state index contributed by atoms with van der Waals surface area (Å²) in [6.45, 7) is 3.27. The van der Waals surface area contributed by atoms with Crippen LogP contribution in [0.2, 0.25) is 0 Å². The first kappa shape index (κ1) is 10.9. The fourth-order valence-corrected chi connectivity index (χ4v) is 2.21. The van der Waals surface area contributed by atoms with Crippen molar-refractivity contribution in [3.05, 3.63) is 16.9 Å². The normalized spacial score (nSPS) is 18.3. The summed E-state index contributed by atoms with van der Waals surface area (Å²) in [5.41, 5.74) is 0.510. The second-order valence-electron chi connectivity index (χ2n) is 4.29. The van der Waals surface area contributed by atoms with Crippen LogP contribution >= 0.6 is 15.9 Å². The SMILES string of the molecule is CCC1(CNc2ncc(Br)cn2)CCC1. The molecule has 2 rings (SSSR count). The number of aromatic nitrogens is 2. The Morgan fingerprint density at radius 3 is 2.53 bits per heavy atom. The lowest BCUT2D eigenvalue weighted by molar-refractivity contribution is 0.144. The Morgan fingerprint density at radius 2 is 2.07 bits per heavy atom. The highest BCUT2D eigenvalue weighted by Gasteiger charge is 2.34. The number of rotatable bonds is 4. The maximum absolute atomic E-state index is 4.20. The predicted molar refractivity (Wildman–Crippen MR) is 64.8 cm³/mol. The minimum Gasteiger partial charge on any atom is -0.354 e. The van der Waals surface area contributed by atoms with Gasteiger partial charge in [0.05, 0.1) is 4.47 Å². The topological polar surface area (TPSA) is 37.8 Å². The summed E-state index contributed by atoms with van der Waals surface area (Å²) >= 11 is 3.32. The highest BCUT2D eigenvalue weighted by atomic mass is 79.9. The van der Waals surface area contributed by atoms with Crippen molar-refractivity contribution in [1.82, 2.24) is 9.97 Å². The first-order chi connectivity index (χ1) is 7.24. The Balaban J connectivity index is 1.90. The van der Waals surface area contributed by atoms with Gasteiger partial charge in [0.15, 0.2) is 0 Å². The summed E-state index contributed by atoms with van der Waals surface area (Å²) in [4.78, 5) is 8.41. The molecule has 0 aliphatic heterocycles. The molecule has 0 spiro atoms. The van der Waals surface area contributed by atoms with Gasteiger partial charge in [0.25, 0.3) is 0 Å². The molecule has 1 aliphatic rings. The van der Waals surface area contributed by atoms with Crippen molar-refractivity contribution in [1.29, 1.82) is 0 Å². The number of nitrogens with zero attached hydrogens (tertiary/aromatic N) is 2. The van der Waals surface area contributed by atoms with Crippen LogP contribution in [0.3, 0.4) is 0 Å². The Labute approximate surface area is 98.8 Å². The van der Waals surface area contributed by atoms with E-state index in [2.05, 4.69) is 38.1 Å². The third kappa shape index (κ3) is 2.48. The first-order valence-corrected chi connectivity index (χ1v) is 6.25. The van der Waals surface area contributed by atoms with Crippen LogP contribution < -0.4 is 5.32 Å². The Hall–Kier alpha value is -0.640. The summed E-state index contributed by atoms with van der Waals surface area (Å²) in [5.74, 6) is 0.734.